The van der Waals surface area contributed by atoms with Crippen molar-refractivity contribution in [2.24, 2.45) is 29.1 Å². The van der Waals surface area contributed by atoms with Crippen LogP contribution in [0.5, 0.6) is 0 Å². The van der Waals surface area contributed by atoms with E-state index in [1.54, 1.807) is 0 Å². The molecule has 0 aromatic carbocycles. The van der Waals surface area contributed by atoms with Gasteiger partial charge in [-0.2, -0.15) is 0 Å². The molecule has 0 amide bonds. The van der Waals surface area contributed by atoms with Crippen LogP contribution in [0.3, 0.4) is 0 Å². The Morgan fingerprint density at radius 2 is 2.08 bits per heavy atom. The summed E-state index contributed by atoms with van der Waals surface area (Å²) in [5, 5.41) is 0. The lowest BCUT2D eigenvalue weighted by Crippen LogP contribution is -2.07. The first kappa shape index (κ1) is 9.55. The molecule has 0 nitrogen and oxygen atoms in total. The smallest absolute Gasteiger partial charge is 0.0233 e. The Morgan fingerprint density at radius 1 is 1.38 bits per heavy atom. The molecule has 2 aliphatic rings. The second-order valence-corrected chi connectivity index (χ2v) is 5.78. The van der Waals surface area contributed by atoms with Crippen molar-refractivity contribution in [2.45, 2.75) is 53.4 Å². The van der Waals surface area contributed by atoms with Crippen molar-refractivity contribution >= 4 is 0 Å². The van der Waals surface area contributed by atoms with Gasteiger partial charge in [0.15, 0.2) is 0 Å². The molecule has 0 aromatic heterocycles. The third-order valence-corrected chi connectivity index (χ3v) is 5.10. The molecule has 76 valence electrons. The topological polar surface area (TPSA) is 0 Å². The molecule has 0 bridgehead atoms. The van der Waals surface area contributed by atoms with Gasteiger partial charge < -0.3 is 0 Å². The molecule has 0 N–H and O–H groups in total. The van der Waals surface area contributed by atoms with E-state index < -0.39 is 0 Å². The fourth-order valence-electron chi connectivity index (χ4n) is 4.08. The minimum absolute atomic E-state index is 0.814. The average Bonchev–Trinajstić information content (AvgIpc) is 2.49. The van der Waals surface area contributed by atoms with Gasteiger partial charge >= 0.3 is 0 Å². The Balaban J connectivity index is 1.99. The van der Waals surface area contributed by atoms with Crippen molar-refractivity contribution < 1.29 is 0 Å². The molecule has 2 rings (SSSR count). The van der Waals surface area contributed by atoms with Gasteiger partial charge in [-0.15, -0.1) is 0 Å². The summed E-state index contributed by atoms with van der Waals surface area (Å²) in [5.41, 5.74) is 0.814. The van der Waals surface area contributed by atoms with E-state index in [1.807, 2.05) is 0 Å². The molecular formula is C13H24. The predicted octanol–water partition coefficient (Wildman–Crippen LogP) is 4.10. The molecule has 0 aliphatic heterocycles. The summed E-state index contributed by atoms with van der Waals surface area (Å²) < 4.78 is 0. The van der Waals surface area contributed by atoms with Crippen LogP contribution in [0.2, 0.25) is 0 Å². The minimum atomic E-state index is 0.814. The molecule has 2 aliphatic carbocycles. The highest BCUT2D eigenvalue weighted by Crippen LogP contribution is 2.72. The first-order valence-electron chi connectivity index (χ1n) is 6.12. The molecule has 0 radical (unpaired) electrons. The van der Waals surface area contributed by atoms with E-state index in [4.69, 9.17) is 0 Å². The zero-order valence-corrected chi connectivity index (χ0v) is 9.64. The van der Waals surface area contributed by atoms with E-state index in [0.29, 0.717) is 0 Å². The third-order valence-electron chi connectivity index (χ3n) is 5.10. The van der Waals surface area contributed by atoms with Crippen molar-refractivity contribution in [2.75, 3.05) is 0 Å². The van der Waals surface area contributed by atoms with Gasteiger partial charge in [0.25, 0.3) is 0 Å². The Bertz CT molecular complexity index is 196. The van der Waals surface area contributed by atoms with Crippen LogP contribution in [0.15, 0.2) is 0 Å². The standard InChI is InChI=1S/C13H24/c1-5-9(2)8-13-7-6-10(3)12(13)11(13)4/h9-12H,5-8H2,1-4H3. The highest BCUT2D eigenvalue weighted by atomic mass is 14.7. The van der Waals surface area contributed by atoms with Gasteiger partial charge in [0.05, 0.1) is 0 Å². The average molecular weight is 180 g/mol. The molecule has 2 saturated carbocycles. The molecule has 5 atom stereocenters. The molecule has 0 saturated heterocycles. The summed E-state index contributed by atoms with van der Waals surface area (Å²) in [5.74, 6) is 4.13. The zero-order valence-electron chi connectivity index (χ0n) is 9.64. The maximum absolute atomic E-state index is 2.49. The number of hydrogen-bond acceptors (Lipinski definition) is 0. The molecule has 0 heteroatoms. The van der Waals surface area contributed by atoms with Crippen molar-refractivity contribution in [3.05, 3.63) is 0 Å². The molecule has 5 unspecified atom stereocenters. The lowest BCUT2D eigenvalue weighted by atomic mass is 9.88. The van der Waals surface area contributed by atoms with E-state index in [0.717, 1.165) is 29.1 Å². The van der Waals surface area contributed by atoms with Crippen LogP contribution in [-0.2, 0) is 0 Å². The maximum Gasteiger partial charge on any atom is -0.0233 e. The number of hydrogen-bond donors (Lipinski definition) is 0. The normalized spacial score (nSPS) is 50.3. The summed E-state index contributed by atoms with van der Waals surface area (Å²) in [7, 11) is 0. The SMILES string of the molecule is CCC(C)CC12CCC(C)C1C2C. The molecule has 0 aromatic rings. The maximum atomic E-state index is 2.49. The van der Waals surface area contributed by atoms with E-state index in [2.05, 4.69) is 27.7 Å². The largest absolute Gasteiger partial charge is 0.0651 e. The van der Waals surface area contributed by atoms with Crippen LogP contribution in [0.1, 0.15) is 53.4 Å². The summed E-state index contributed by atoms with van der Waals surface area (Å²) in [6.45, 7) is 9.72. The number of rotatable bonds is 3. The van der Waals surface area contributed by atoms with Crippen LogP contribution in [0.4, 0.5) is 0 Å². The molecule has 2 fully saturated rings. The quantitative estimate of drug-likeness (QED) is 0.613. The van der Waals surface area contributed by atoms with E-state index in [1.165, 1.54) is 25.7 Å². The minimum Gasteiger partial charge on any atom is -0.0651 e. The van der Waals surface area contributed by atoms with Gasteiger partial charge in [0, 0.05) is 0 Å². The Labute approximate surface area is 83.1 Å². The highest BCUT2D eigenvalue weighted by molar-refractivity contribution is 5.14. The van der Waals surface area contributed by atoms with Crippen LogP contribution >= 0.6 is 0 Å². The van der Waals surface area contributed by atoms with Gasteiger partial charge in [-0.25, -0.2) is 0 Å². The number of fused-ring (bicyclic) bond motifs is 1. The zero-order chi connectivity index (χ0) is 9.64. The van der Waals surface area contributed by atoms with Crippen molar-refractivity contribution in [3.63, 3.8) is 0 Å². The van der Waals surface area contributed by atoms with Crippen LogP contribution in [0, 0.1) is 29.1 Å². The Hall–Kier alpha value is 0. The summed E-state index contributed by atoms with van der Waals surface area (Å²) >= 11 is 0. The monoisotopic (exact) mass is 180 g/mol. The second kappa shape index (κ2) is 3.00. The van der Waals surface area contributed by atoms with Crippen LogP contribution < -0.4 is 0 Å². The summed E-state index contributed by atoms with van der Waals surface area (Å²) in [6, 6.07) is 0. The van der Waals surface area contributed by atoms with Crippen LogP contribution in [0.25, 0.3) is 0 Å². The summed E-state index contributed by atoms with van der Waals surface area (Å²) in [4.78, 5) is 0. The van der Waals surface area contributed by atoms with Gasteiger partial charge in [-0.1, -0.05) is 34.1 Å². The Kier molecular flexibility index (Phi) is 2.20. The van der Waals surface area contributed by atoms with Gasteiger partial charge in [0.2, 0.25) is 0 Å². The first-order chi connectivity index (χ1) is 6.12. The van der Waals surface area contributed by atoms with Crippen LogP contribution in [-0.4, -0.2) is 0 Å². The first-order valence-corrected chi connectivity index (χ1v) is 6.12. The van der Waals surface area contributed by atoms with Gasteiger partial charge in [-0.05, 0) is 48.3 Å². The molecule has 13 heavy (non-hydrogen) atoms. The van der Waals surface area contributed by atoms with Gasteiger partial charge in [0.1, 0.15) is 0 Å². The van der Waals surface area contributed by atoms with E-state index in [9.17, 15) is 0 Å². The predicted molar refractivity (Wildman–Crippen MR) is 57.6 cm³/mol. The van der Waals surface area contributed by atoms with Crippen molar-refractivity contribution in [1.29, 1.82) is 0 Å². The van der Waals surface area contributed by atoms with E-state index >= 15 is 0 Å². The Morgan fingerprint density at radius 3 is 2.54 bits per heavy atom. The third kappa shape index (κ3) is 1.25. The second-order valence-electron chi connectivity index (χ2n) is 5.78. The summed E-state index contributed by atoms with van der Waals surface area (Å²) in [6.07, 6.45) is 5.92. The van der Waals surface area contributed by atoms with Gasteiger partial charge in [-0.3, -0.25) is 0 Å². The fourth-order valence-corrected chi connectivity index (χ4v) is 4.08. The highest BCUT2D eigenvalue weighted by Gasteiger charge is 2.65. The van der Waals surface area contributed by atoms with E-state index in [-0.39, 0.29) is 0 Å². The lowest BCUT2D eigenvalue weighted by molar-refractivity contribution is 0.329. The molecule has 0 heterocycles. The van der Waals surface area contributed by atoms with Crippen molar-refractivity contribution in [1.82, 2.24) is 0 Å². The van der Waals surface area contributed by atoms with Crippen molar-refractivity contribution in [3.8, 4) is 0 Å². The lowest BCUT2D eigenvalue weighted by Gasteiger charge is -2.18. The molecule has 0 spiro atoms. The fraction of sp³-hybridized carbons (Fsp3) is 1.00. The molecular weight excluding hydrogens is 156 g/mol.